The summed E-state index contributed by atoms with van der Waals surface area (Å²) in [6, 6.07) is 0.555. The van der Waals surface area contributed by atoms with Crippen molar-refractivity contribution in [3.8, 4) is 0 Å². The van der Waals surface area contributed by atoms with E-state index in [1.165, 1.54) is 44.9 Å². The number of hydrogen-bond donors (Lipinski definition) is 2. The normalized spacial score (nSPS) is 23.1. The summed E-state index contributed by atoms with van der Waals surface area (Å²) in [5.74, 6) is 0. The van der Waals surface area contributed by atoms with E-state index in [2.05, 4.69) is 4.90 Å². The standard InChI is InChI=1S/C14H29NO2/c1-12(16)10-15(11-13(2)17)14-8-6-4-3-5-7-9-14/h12-14,16-17H,3-11H2,1-2H3. The first-order valence-electron chi connectivity index (χ1n) is 7.19. The van der Waals surface area contributed by atoms with Gasteiger partial charge in [-0.3, -0.25) is 4.90 Å². The second-order valence-corrected chi connectivity index (χ2v) is 5.65. The third-order valence-corrected chi connectivity index (χ3v) is 3.59. The molecular weight excluding hydrogens is 214 g/mol. The minimum absolute atomic E-state index is 0.306. The van der Waals surface area contributed by atoms with E-state index in [9.17, 15) is 10.2 Å². The Morgan fingerprint density at radius 1 is 0.882 bits per heavy atom. The van der Waals surface area contributed by atoms with Crippen LogP contribution in [0.25, 0.3) is 0 Å². The highest BCUT2D eigenvalue weighted by Gasteiger charge is 2.21. The van der Waals surface area contributed by atoms with Gasteiger partial charge in [-0.15, -0.1) is 0 Å². The Balaban J connectivity index is 2.51. The minimum atomic E-state index is -0.306. The predicted molar refractivity (Wildman–Crippen MR) is 71.0 cm³/mol. The van der Waals surface area contributed by atoms with E-state index in [0.29, 0.717) is 19.1 Å². The molecule has 1 rings (SSSR count). The Kier molecular flexibility index (Phi) is 7.09. The van der Waals surface area contributed by atoms with Gasteiger partial charge in [0.2, 0.25) is 0 Å². The first-order valence-corrected chi connectivity index (χ1v) is 7.19. The maximum atomic E-state index is 9.57. The van der Waals surface area contributed by atoms with Gasteiger partial charge in [0, 0.05) is 19.1 Å². The van der Waals surface area contributed by atoms with Gasteiger partial charge in [-0.1, -0.05) is 32.1 Å². The molecule has 2 atom stereocenters. The van der Waals surface area contributed by atoms with Gasteiger partial charge < -0.3 is 10.2 Å². The molecule has 0 saturated heterocycles. The number of hydrogen-bond acceptors (Lipinski definition) is 3. The van der Waals surface area contributed by atoms with Crippen LogP contribution >= 0.6 is 0 Å². The average Bonchev–Trinajstić information content (AvgIpc) is 2.13. The van der Waals surface area contributed by atoms with E-state index in [4.69, 9.17) is 0 Å². The molecule has 0 heterocycles. The Bertz CT molecular complexity index is 177. The summed E-state index contributed by atoms with van der Waals surface area (Å²) in [5.41, 5.74) is 0. The molecule has 0 aromatic carbocycles. The Hall–Kier alpha value is -0.120. The Morgan fingerprint density at radius 2 is 1.29 bits per heavy atom. The zero-order chi connectivity index (χ0) is 12.7. The molecule has 17 heavy (non-hydrogen) atoms. The van der Waals surface area contributed by atoms with E-state index < -0.39 is 0 Å². The zero-order valence-electron chi connectivity index (χ0n) is 11.4. The van der Waals surface area contributed by atoms with Gasteiger partial charge in [0.25, 0.3) is 0 Å². The molecule has 102 valence electrons. The molecule has 0 aromatic rings. The molecule has 3 nitrogen and oxygen atoms in total. The topological polar surface area (TPSA) is 43.7 Å². The van der Waals surface area contributed by atoms with Crippen molar-refractivity contribution in [3.63, 3.8) is 0 Å². The van der Waals surface area contributed by atoms with Crippen LogP contribution in [-0.2, 0) is 0 Å². The average molecular weight is 243 g/mol. The lowest BCUT2D eigenvalue weighted by Crippen LogP contribution is -2.43. The van der Waals surface area contributed by atoms with E-state index in [1.807, 2.05) is 13.8 Å². The van der Waals surface area contributed by atoms with Gasteiger partial charge in [-0.2, -0.15) is 0 Å². The lowest BCUT2D eigenvalue weighted by Gasteiger charge is -2.34. The highest BCUT2D eigenvalue weighted by molar-refractivity contribution is 4.76. The first kappa shape index (κ1) is 14.9. The van der Waals surface area contributed by atoms with Crippen LogP contribution in [0.2, 0.25) is 0 Å². The van der Waals surface area contributed by atoms with Crippen LogP contribution < -0.4 is 0 Å². The summed E-state index contributed by atoms with van der Waals surface area (Å²) >= 11 is 0. The van der Waals surface area contributed by atoms with Crippen molar-refractivity contribution in [2.75, 3.05) is 13.1 Å². The molecule has 1 aliphatic carbocycles. The quantitative estimate of drug-likeness (QED) is 0.777. The molecular formula is C14H29NO2. The SMILES string of the molecule is CC(O)CN(CC(C)O)C1CCCCCCC1. The summed E-state index contributed by atoms with van der Waals surface area (Å²) in [4.78, 5) is 2.29. The van der Waals surface area contributed by atoms with Gasteiger partial charge in [0.1, 0.15) is 0 Å². The smallest absolute Gasteiger partial charge is 0.0639 e. The highest BCUT2D eigenvalue weighted by Crippen LogP contribution is 2.21. The molecule has 3 heteroatoms. The summed E-state index contributed by atoms with van der Waals surface area (Å²) in [6.45, 7) is 5.04. The number of rotatable bonds is 5. The molecule has 0 aliphatic heterocycles. The van der Waals surface area contributed by atoms with Crippen molar-refractivity contribution in [1.29, 1.82) is 0 Å². The molecule has 1 fully saturated rings. The van der Waals surface area contributed by atoms with Crippen LogP contribution in [0, 0.1) is 0 Å². The Morgan fingerprint density at radius 3 is 1.71 bits per heavy atom. The molecule has 0 spiro atoms. The molecule has 1 aliphatic rings. The van der Waals surface area contributed by atoms with Crippen molar-refractivity contribution in [2.24, 2.45) is 0 Å². The number of aliphatic hydroxyl groups is 2. The van der Waals surface area contributed by atoms with Crippen molar-refractivity contribution in [2.45, 2.75) is 77.0 Å². The summed E-state index contributed by atoms with van der Waals surface area (Å²) in [7, 11) is 0. The van der Waals surface area contributed by atoms with Crippen molar-refractivity contribution < 1.29 is 10.2 Å². The van der Waals surface area contributed by atoms with Crippen LogP contribution in [-0.4, -0.2) is 46.5 Å². The van der Waals surface area contributed by atoms with Crippen LogP contribution in [0.5, 0.6) is 0 Å². The highest BCUT2D eigenvalue weighted by atomic mass is 16.3. The van der Waals surface area contributed by atoms with Gasteiger partial charge in [-0.25, -0.2) is 0 Å². The van der Waals surface area contributed by atoms with E-state index in [-0.39, 0.29) is 12.2 Å². The fraction of sp³-hybridized carbons (Fsp3) is 1.00. The third kappa shape index (κ3) is 6.39. The lowest BCUT2D eigenvalue weighted by molar-refractivity contribution is 0.0488. The van der Waals surface area contributed by atoms with Crippen molar-refractivity contribution in [1.82, 2.24) is 4.90 Å². The van der Waals surface area contributed by atoms with E-state index in [1.54, 1.807) is 0 Å². The fourth-order valence-corrected chi connectivity index (χ4v) is 2.85. The van der Waals surface area contributed by atoms with Crippen LogP contribution in [0.4, 0.5) is 0 Å². The van der Waals surface area contributed by atoms with Crippen molar-refractivity contribution in [3.05, 3.63) is 0 Å². The van der Waals surface area contributed by atoms with Crippen LogP contribution in [0.15, 0.2) is 0 Å². The van der Waals surface area contributed by atoms with Gasteiger partial charge in [0.05, 0.1) is 12.2 Å². The zero-order valence-corrected chi connectivity index (χ0v) is 11.4. The van der Waals surface area contributed by atoms with Gasteiger partial charge in [0.15, 0.2) is 0 Å². The summed E-state index contributed by atoms with van der Waals surface area (Å²) in [6.07, 6.45) is 8.47. The van der Waals surface area contributed by atoms with E-state index >= 15 is 0 Å². The maximum Gasteiger partial charge on any atom is 0.0639 e. The first-order chi connectivity index (χ1) is 8.09. The number of nitrogens with zero attached hydrogens (tertiary/aromatic N) is 1. The molecule has 0 aromatic heterocycles. The largest absolute Gasteiger partial charge is 0.392 e. The molecule has 1 saturated carbocycles. The minimum Gasteiger partial charge on any atom is -0.392 e. The third-order valence-electron chi connectivity index (χ3n) is 3.59. The maximum absolute atomic E-state index is 9.57. The van der Waals surface area contributed by atoms with Crippen LogP contribution in [0.1, 0.15) is 58.8 Å². The summed E-state index contributed by atoms with van der Waals surface area (Å²) in [5, 5.41) is 19.1. The van der Waals surface area contributed by atoms with Crippen molar-refractivity contribution >= 4 is 0 Å². The predicted octanol–water partition coefficient (Wildman–Crippen LogP) is 2.16. The molecule has 2 N–H and O–H groups in total. The summed E-state index contributed by atoms with van der Waals surface area (Å²) < 4.78 is 0. The van der Waals surface area contributed by atoms with Gasteiger partial charge >= 0.3 is 0 Å². The van der Waals surface area contributed by atoms with Gasteiger partial charge in [-0.05, 0) is 26.7 Å². The molecule has 2 unspecified atom stereocenters. The molecule has 0 radical (unpaired) electrons. The van der Waals surface area contributed by atoms with Crippen LogP contribution in [0.3, 0.4) is 0 Å². The molecule has 0 bridgehead atoms. The molecule has 0 amide bonds. The monoisotopic (exact) mass is 243 g/mol. The van der Waals surface area contributed by atoms with E-state index in [0.717, 1.165) is 0 Å². The second-order valence-electron chi connectivity index (χ2n) is 5.65. The second kappa shape index (κ2) is 8.06. The fourth-order valence-electron chi connectivity index (χ4n) is 2.85. The lowest BCUT2D eigenvalue weighted by atomic mass is 9.95. The Labute approximate surface area is 106 Å². The number of aliphatic hydroxyl groups excluding tert-OH is 2.